The third kappa shape index (κ3) is 9.00. The molecule has 1 aromatic carbocycles. The highest BCUT2D eigenvalue weighted by Crippen LogP contribution is 2.17. The van der Waals surface area contributed by atoms with E-state index in [1.807, 2.05) is 13.0 Å². The van der Waals surface area contributed by atoms with Crippen LogP contribution in [-0.2, 0) is 9.47 Å². The minimum absolute atomic E-state index is 0.0320. The molecule has 0 unspecified atom stereocenters. The summed E-state index contributed by atoms with van der Waals surface area (Å²) in [5, 5.41) is 5.53. The molecule has 0 bridgehead atoms. The van der Waals surface area contributed by atoms with E-state index in [1.165, 1.54) is 0 Å². The SMILES string of the molecule is C=CC=C(CC)COC(=O)NC1CCN(C(=O)c2ccc(NC(=O)OC(C)(C)C)cc2)CC1. The maximum Gasteiger partial charge on any atom is 0.412 e. The van der Waals surface area contributed by atoms with Crippen LogP contribution in [0.25, 0.3) is 0 Å². The Bertz CT molecular complexity index is 863. The van der Waals surface area contributed by atoms with Crippen LogP contribution in [0.2, 0.25) is 0 Å². The number of alkyl carbamates (subject to hydrolysis) is 1. The van der Waals surface area contributed by atoms with Crippen molar-refractivity contribution in [3.63, 3.8) is 0 Å². The van der Waals surface area contributed by atoms with Gasteiger partial charge in [-0.25, -0.2) is 9.59 Å². The van der Waals surface area contributed by atoms with Crippen LogP contribution >= 0.6 is 0 Å². The number of amides is 3. The smallest absolute Gasteiger partial charge is 0.412 e. The quantitative estimate of drug-likeness (QED) is 0.569. The fourth-order valence-corrected chi connectivity index (χ4v) is 3.33. The van der Waals surface area contributed by atoms with Crippen LogP contribution in [0.3, 0.4) is 0 Å². The molecular formula is C25H35N3O5. The molecule has 0 aliphatic carbocycles. The molecule has 1 heterocycles. The number of carbonyl (C=O) groups excluding carboxylic acids is 3. The van der Waals surface area contributed by atoms with E-state index < -0.39 is 17.8 Å². The fraction of sp³-hybridized carbons (Fsp3) is 0.480. The van der Waals surface area contributed by atoms with Gasteiger partial charge >= 0.3 is 12.2 Å². The Balaban J connectivity index is 1.79. The number of hydrogen-bond donors (Lipinski definition) is 2. The van der Waals surface area contributed by atoms with Gasteiger partial charge in [0, 0.05) is 30.4 Å². The summed E-state index contributed by atoms with van der Waals surface area (Å²) in [4.78, 5) is 38.5. The number of nitrogens with zero attached hydrogens (tertiary/aromatic N) is 1. The molecule has 1 aliphatic heterocycles. The van der Waals surface area contributed by atoms with Crippen molar-refractivity contribution in [3.05, 3.63) is 54.1 Å². The first-order chi connectivity index (χ1) is 15.6. The molecule has 3 amide bonds. The number of rotatable bonds is 7. The standard InChI is InChI=1S/C25H35N3O5/c1-6-8-18(7-2)17-32-23(30)26-21-13-15-28(16-14-21)22(29)19-9-11-20(12-10-19)27-24(31)33-25(3,4)5/h6,8-12,21H,1,7,13-17H2,2-5H3,(H,26,30)(H,27,31). The van der Waals surface area contributed by atoms with Gasteiger partial charge in [0.1, 0.15) is 12.2 Å². The van der Waals surface area contributed by atoms with E-state index in [2.05, 4.69) is 17.2 Å². The summed E-state index contributed by atoms with van der Waals surface area (Å²) in [5.74, 6) is -0.0815. The normalized spacial score (nSPS) is 14.9. The zero-order valence-corrected chi connectivity index (χ0v) is 20.0. The molecule has 1 aromatic rings. The van der Waals surface area contributed by atoms with E-state index in [4.69, 9.17) is 9.47 Å². The van der Waals surface area contributed by atoms with Gasteiger partial charge in [-0.15, -0.1) is 0 Å². The Hall–Kier alpha value is -3.29. The van der Waals surface area contributed by atoms with Crippen LogP contribution in [0.15, 0.2) is 48.6 Å². The topological polar surface area (TPSA) is 97.0 Å². The molecule has 0 spiro atoms. The molecule has 2 rings (SSSR count). The fourth-order valence-electron chi connectivity index (χ4n) is 3.33. The van der Waals surface area contributed by atoms with E-state index in [1.54, 1.807) is 56.0 Å². The molecule has 8 nitrogen and oxygen atoms in total. The minimum atomic E-state index is -0.585. The van der Waals surface area contributed by atoms with Gasteiger partial charge in [0.25, 0.3) is 5.91 Å². The molecule has 0 radical (unpaired) electrons. The molecule has 180 valence electrons. The number of ether oxygens (including phenoxy) is 2. The van der Waals surface area contributed by atoms with Crippen molar-refractivity contribution in [2.24, 2.45) is 0 Å². The Morgan fingerprint density at radius 3 is 2.30 bits per heavy atom. The number of carbonyl (C=O) groups is 3. The lowest BCUT2D eigenvalue weighted by Gasteiger charge is -2.32. The van der Waals surface area contributed by atoms with Gasteiger partial charge in [-0.3, -0.25) is 10.1 Å². The summed E-state index contributed by atoms with van der Waals surface area (Å²) < 4.78 is 10.5. The average molecular weight is 458 g/mol. The zero-order chi connectivity index (χ0) is 24.4. The summed E-state index contributed by atoms with van der Waals surface area (Å²) in [6.07, 6.45) is 4.63. The van der Waals surface area contributed by atoms with Crippen LogP contribution in [-0.4, -0.2) is 54.3 Å². The molecule has 1 aliphatic rings. The van der Waals surface area contributed by atoms with Crippen molar-refractivity contribution in [2.75, 3.05) is 25.0 Å². The van der Waals surface area contributed by atoms with Crippen LogP contribution in [0.1, 0.15) is 57.3 Å². The van der Waals surface area contributed by atoms with Gasteiger partial charge in [-0.2, -0.15) is 0 Å². The number of allylic oxidation sites excluding steroid dienone is 2. The molecule has 0 aromatic heterocycles. The van der Waals surface area contributed by atoms with Crippen molar-refractivity contribution >= 4 is 23.8 Å². The van der Waals surface area contributed by atoms with Crippen LogP contribution < -0.4 is 10.6 Å². The Labute approximate surface area is 196 Å². The second-order valence-electron chi connectivity index (χ2n) is 8.91. The third-order valence-corrected chi connectivity index (χ3v) is 5.08. The molecular weight excluding hydrogens is 422 g/mol. The maximum atomic E-state index is 12.8. The molecule has 0 atom stereocenters. The predicted molar refractivity (Wildman–Crippen MR) is 128 cm³/mol. The number of likely N-dealkylation sites (tertiary alicyclic amines) is 1. The largest absolute Gasteiger partial charge is 0.445 e. The number of hydrogen-bond acceptors (Lipinski definition) is 5. The van der Waals surface area contributed by atoms with E-state index in [-0.39, 0.29) is 18.6 Å². The summed E-state index contributed by atoms with van der Waals surface area (Å²) in [6, 6.07) is 6.67. The van der Waals surface area contributed by atoms with Crippen molar-refractivity contribution in [1.82, 2.24) is 10.2 Å². The van der Waals surface area contributed by atoms with Crippen LogP contribution in [0, 0.1) is 0 Å². The number of benzene rings is 1. The minimum Gasteiger partial charge on any atom is -0.445 e. The average Bonchev–Trinajstić information content (AvgIpc) is 2.76. The molecule has 1 fully saturated rings. The Kier molecular flexibility index (Phi) is 9.51. The second-order valence-corrected chi connectivity index (χ2v) is 8.91. The molecule has 33 heavy (non-hydrogen) atoms. The van der Waals surface area contributed by atoms with E-state index >= 15 is 0 Å². The highest BCUT2D eigenvalue weighted by atomic mass is 16.6. The first kappa shape index (κ1) is 26.0. The van der Waals surface area contributed by atoms with Crippen molar-refractivity contribution in [1.29, 1.82) is 0 Å². The predicted octanol–water partition coefficient (Wildman–Crippen LogP) is 4.89. The van der Waals surface area contributed by atoms with Gasteiger partial charge in [0.2, 0.25) is 0 Å². The Morgan fingerprint density at radius 2 is 1.76 bits per heavy atom. The maximum absolute atomic E-state index is 12.8. The lowest BCUT2D eigenvalue weighted by atomic mass is 10.0. The molecule has 2 N–H and O–H groups in total. The highest BCUT2D eigenvalue weighted by molar-refractivity contribution is 5.95. The summed E-state index contributed by atoms with van der Waals surface area (Å²) in [6.45, 7) is 12.3. The monoisotopic (exact) mass is 457 g/mol. The molecule has 8 heteroatoms. The van der Waals surface area contributed by atoms with Gasteiger partial charge in [0.15, 0.2) is 0 Å². The van der Waals surface area contributed by atoms with Crippen molar-refractivity contribution < 1.29 is 23.9 Å². The second kappa shape index (κ2) is 12.1. The number of anilines is 1. The Morgan fingerprint density at radius 1 is 1.12 bits per heavy atom. The molecule has 1 saturated heterocycles. The third-order valence-electron chi connectivity index (χ3n) is 5.08. The van der Waals surface area contributed by atoms with E-state index in [0.29, 0.717) is 37.2 Å². The van der Waals surface area contributed by atoms with Gasteiger partial charge < -0.3 is 19.7 Å². The first-order valence-electron chi connectivity index (χ1n) is 11.2. The lowest BCUT2D eigenvalue weighted by molar-refractivity contribution is 0.0634. The van der Waals surface area contributed by atoms with E-state index in [9.17, 15) is 14.4 Å². The van der Waals surface area contributed by atoms with Crippen molar-refractivity contribution in [3.8, 4) is 0 Å². The van der Waals surface area contributed by atoms with Crippen LogP contribution in [0.4, 0.5) is 15.3 Å². The van der Waals surface area contributed by atoms with Crippen molar-refractivity contribution in [2.45, 2.75) is 58.6 Å². The number of piperidine rings is 1. The van der Waals surface area contributed by atoms with Gasteiger partial charge in [-0.05, 0) is 69.9 Å². The summed E-state index contributed by atoms with van der Waals surface area (Å²) in [7, 11) is 0. The lowest BCUT2D eigenvalue weighted by Crippen LogP contribution is -2.46. The van der Waals surface area contributed by atoms with E-state index in [0.717, 1.165) is 12.0 Å². The summed E-state index contributed by atoms with van der Waals surface area (Å²) >= 11 is 0. The van der Waals surface area contributed by atoms with Gasteiger partial charge in [-0.1, -0.05) is 25.7 Å². The van der Waals surface area contributed by atoms with Gasteiger partial charge in [0.05, 0.1) is 0 Å². The highest BCUT2D eigenvalue weighted by Gasteiger charge is 2.25. The summed E-state index contributed by atoms with van der Waals surface area (Å²) in [5.41, 5.74) is 1.50. The molecule has 0 saturated carbocycles. The zero-order valence-electron chi connectivity index (χ0n) is 20.0. The first-order valence-corrected chi connectivity index (χ1v) is 11.2. The number of nitrogens with one attached hydrogen (secondary N) is 2. The van der Waals surface area contributed by atoms with Crippen LogP contribution in [0.5, 0.6) is 0 Å².